The SMILES string of the molecule is CN1C(=O)C(=C2CCCC2)c2cc(S(=O)(=O)NC3CCCCC3)ccc21. The van der Waals surface area contributed by atoms with Gasteiger partial charge in [0.1, 0.15) is 0 Å². The van der Waals surface area contributed by atoms with E-state index in [-0.39, 0.29) is 16.8 Å². The fourth-order valence-corrected chi connectivity index (χ4v) is 5.80. The topological polar surface area (TPSA) is 66.5 Å². The first-order chi connectivity index (χ1) is 12.5. The van der Waals surface area contributed by atoms with E-state index in [1.165, 1.54) is 12.0 Å². The number of amides is 1. The Morgan fingerprint density at radius 2 is 1.73 bits per heavy atom. The van der Waals surface area contributed by atoms with E-state index in [4.69, 9.17) is 0 Å². The number of fused-ring (bicyclic) bond motifs is 1. The monoisotopic (exact) mass is 374 g/mol. The van der Waals surface area contributed by atoms with Crippen molar-refractivity contribution in [2.75, 3.05) is 11.9 Å². The van der Waals surface area contributed by atoms with Crippen molar-refractivity contribution in [3.05, 3.63) is 29.3 Å². The molecule has 0 atom stereocenters. The van der Waals surface area contributed by atoms with Crippen molar-refractivity contribution in [1.29, 1.82) is 0 Å². The molecule has 0 unspecified atom stereocenters. The maximum atomic E-state index is 12.9. The number of nitrogens with one attached hydrogen (secondary N) is 1. The Bertz CT molecular complexity index is 859. The van der Waals surface area contributed by atoms with E-state index >= 15 is 0 Å². The van der Waals surface area contributed by atoms with E-state index in [1.807, 2.05) is 0 Å². The lowest BCUT2D eigenvalue weighted by Gasteiger charge is -2.22. The molecule has 140 valence electrons. The van der Waals surface area contributed by atoms with Crippen molar-refractivity contribution in [3.63, 3.8) is 0 Å². The molecule has 1 heterocycles. The summed E-state index contributed by atoms with van der Waals surface area (Å²) in [5.74, 6) is -0.00770. The lowest BCUT2D eigenvalue weighted by Crippen LogP contribution is -2.36. The summed E-state index contributed by atoms with van der Waals surface area (Å²) in [6.45, 7) is 0. The van der Waals surface area contributed by atoms with Gasteiger partial charge < -0.3 is 4.90 Å². The molecule has 0 saturated heterocycles. The van der Waals surface area contributed by atoms with Crippen molar-refractivity contribution >= 4 is 27.2 Å². The minimum atomic E-state index is -3.57. The first-order valence-corrected chi connectivity index (χ1v) is 11.1. The molecule has 4 rings (SSSR count). The van der Waals surface area contributed by atoms with Gasteiger partial charge >= 0.3 is 0 Å². The molecule has 0 bridgehead atoms. The van der Waals surface area contributed by atoms with Gasteiger partial charge in [0.05, 0.1) is 10.6 Å². The third kappa shape index (κ3) is 3.09. The Hall–Kier alpha value is -1.66. The summed E-state index contributed by atoms with van der Waals surface area (Å²) in [4.78, 5) is 14.6. The van der Waals surface area contributed by atoms with Crippen molar-refractivity contribution < 1.29 is 13.2 Å². The van der Waals surface area contributed by atoms with Crippen LogP contribution in [0.2, 0.25) is 0 Å². The van der Waals surface area contributed by atoms with Gasteiger partial charge in [-0.1, -0.05) is 24.8 Å². The highest BCUT2D eigenvalue weighted by atomic mass is 32.2. The molecule has 0 spiro atoms. The Morgan fingerprint density at radius 1 is 1.04 bits per heavy atom. The van der Waals surface area contributed by atoms with Crippen LogP contribution in [-0.4, -0.2) is 27.4 Å². The van der Waals surface area contributed by atoms with Crippen LogP contribution < -0.4 is 9.62 Å². The standard InChI is InChI=1S/C20H26N2O3S/c1-22-18-12-11-16(26(24,25)21-15-9-3-2-4-10-15)13-17(18)19(20(22)23)14-7-5-6-8-14/h11-13,15,21H,2-10H2,1H3. The second kappa shape index (κ2) is 6.82. The summed E-state index contributed by atoms with van der Waals surface area (Å²) in [7, 11) is -1.80. The number of hydrogen-bond donors (Lipinski definition) is 1. The zero-order chi connectivity index (χ0) is 18.3. The molecular formula is C20H26N2O3S. The van der Waals surface area contributed by atoms with E-state index < -0.39 is 10.0 Å². The number of nitrogens with zero attached hydrogens (tertiary/aromatic N) is 1. The van der Waals surface area contributed by atoms with Gasteiger partial charge in [-0.05, 0) is 56.7 Å². The molecule has 5 nitrogen and oxygen atoms in total. The van der Waals surface area contributed by atoms with E-state index in [0.29, 0.717) is 0 Å². The number of carbonyl (C=O) groups excluding carboxylic acids is 1. The Kier molecular flexibility index (Phi) is 4.65. The number of carbonyl (C=O) groups is 1. The average molecular weight is 375 g/mol. The van der Waals surface area contributed by atoms with Crippen LogP contribution in [0.3, 0.4) is 0 Å². The van der Waals surface area contributed by atoms with E-state index in [9.17, 15) is 13.2 Å². The maximum Gasteiger partial charge on any atom is 0.258 e. The summed E-state index contributed by atoms with van der Waals surface area (Å²) in [6, 6.07) is 5.11. The largest absolute Gasteiger partial charge is 0.311 e. The molecule has 1 aromatic carbocycles. The molecule has 2 aliphatic carbocycles. The summed E-state index contributed by atoms with van der Waals surface area (Å²) in [6.07, 6.45) is 9.22. The molecular weight excluding hydrogens is 348 g/mol. The number of rotatable bonds is 3. The Morgan fingerprint density at radius 3 is 2.42 bits per heavy atom. The first kappa shape index (κ1) is 17.7. The molecule has 0 aromatic heterocycles. The highest BCUT2D eigenvalue weighted by Gasteiger charge is 2.34. The Balaban J connectivity index is 1.70. The molecule has 6 heteroatoms. The Labute approximate surface area is 155 Å². The van der Waals surface area contributed by atoms with Gasteiger partial charge in [0.25, 0.3) is 5.91 Å². The molecule has 1 aliphatic heterocycles. The summed E-state index contributed by atoms with van der Waals surface area (Å²) in [5, 5.41) is 0. The summed E-state index contributed by atoms with van der Waals surface area (Å²) < 4.78 is 28.6. The fraction of sp³-hybridized carbons (Fsp3) is 0.550. The van der Waals surface area contributed by atoms with E-state index in [0.717, 1.165) is 68.2 Å². The summed E-state index contributed by atoms with van der Waals surface area (Å²) in [5.41, 5.74) is 3.49. The maximum absolute atomic E-state index is 12.9. The van der Waals surface area contributed by atoms with Crippen LogP contribution in [0.25, 0.3) is 5.57 Å². The third-order valence-electron chi connectivity index (χ3n) is 5.92. The van der Waals surface area contributed by atoms with Crippen molar-refractivity contribution in [2.24, 2.45) is 0 Å². The molecule has 2 saturated carbocycles. The van der Waals surface area contributed by atoms with E-state index in [1.54, 1.807) is 30.1 Å². The molecule has 26 heavy (non-hydrogen) atoms. The molecule has 2 fully saturated rings. The molecule has 1 amide bonds. The van der Waals surface area contributed by atoms with Crippen LogP contribution >= 0.6 is 0 Å². The second-order valence-electron chi connectivity index (χ2n) is 7.69. The number of hydrogen-bond acceptors (Lipinski definition) is 3. The third-order valence-corrected chi connectivity index (χ3v) is 7.43. The number of benzene rings is 1. The minimum Gasteiger partial charge on any atom is -0.311 e. The van der Waals surface area contributed by atoms with Crippen molar-refractivity contribution in [3.8, 4) is 0 Å². The predicted octanol–water partition coefficient (Wildman–Crippen LogP) is 3.60. The van der Waals surface area contributed by atoms with Gasteiger partial charge in [0.2, 0.25) is 10.0 Å². The van der Waals surface area contributed by atoms with Gasteiger partial charge in [-0.25, -0.2) is 13.1 Å². The molecule has 0 radical (unpaired) electrons. The fourth-order valence-electron chi connectivity index (χ4n) is 4.47. The van der Waals surface area contributed by atoms with Crippen LogP contribution in [0.5, 0.6) is 0 Å². The molecule has 3 aliphatic rings. The first-order valence-electron chi connectivity index (χ1n) is 9.64. The lowest BCUT2D eigenvalue weighted by molar-refractivity contribution is -0.112. The number of anilines is 1. The van der Waals surface area contributed by atoms with Gasteiger partial charge in [0.15, 0.2) is 0 Å². The zero-order valence-electron chi connectivity index (χ0n) is 15.3. The van der Waals surface area contributed by atoms with Crippen LogP contribution in [0, 0.1) is 0 Å². The highest BCUT2D eigenvalue weighted by Crippen LogP contribution is 2.42. The zero-order valence-corrected chi connectivity index (χ0v) is 16.1. The number of allylic oxidation sites excluding steroid dienone is 1. The second-order valence-corrected chi connectivity index (χ2v) is 9.40. The van der Waals surface area contributed by atoms with Crippen molar-refractivity contribution in [1.82, 2.24) is 4.72 Å². The lowest BCUT2D eigenvalue weighted by atomic mass is 9.96. The van der Waals surface area contributed by atoms with Gasteiger partial charge in [-0.2, -0.15) is 0 Å². The molecule has 1 aromatic rings. The van der Waals surface area contributed by atoms with Crippen LogP contribution in [-0.2, 0) is 14.8 Å². The van der Waals surface area contributed by atoms with E-state index in [2.05, 4.69) is 4.72 Å². The van der Waals surface area contributed by atoms with Gasteiger partial charge in [-0.15, -0.1) is 0 Å². The summed E-state index contributed by atoms with van der Waals surface area (Å²) >= 11 is 0. The normalized spacial score (nSPS) is 21.6. The minimum absolute atomic E-state index is 0.00770. The average Bonchev–Trinajstić information content (AvgIpc) is 3.23. The predicted molar refractivity (Wildman–Crippen MR) is 102 cm³/mol. The van der Waals surface area contributed by atoms with Crippen LogP contribution in [0.1, 0.15) is 63.4 Å². The number of likely N-dealkylation sites (N-methyl/N-ethyl adjacent to an activating group) is 1. The van der Waals surface area contributed by atoms with Gasteiger partial charge in [-0.3, -0.25) is 4.79 Å². The quantitative estimate of drug-likeness (QED) is 0.822. The van der Waals surface area contributed by atoms with Crippen LogP contribution in [0.15, 0.2) is 28.7 Å². The van der Waals surface area contributed by atoms with Crippen molar-refractivity contribution in [2.45, 2.75) is 68.7 Å². The number of sulfonamides is 1. The highest BCUT2D eigenvalue weighted by molar-refractivity contribution is 7.89. The molecule has 1 N–H and O–H groups in total. The van der Waals surface area contributed by atoms with Crippen LogP contribution in [0.4, 0.5) is 5.69 Å². The smallest absolute Gasteiger partial charge is 0.258 e. The van der Waals surface area contributed by atoms with Gasteiger partial charge in [0, 0.05) is 24.2 Å².